The molecule has 1 saturated heterocycles. The van der Waals surface area contributed by atoms with E-state index in [9.17, 15) is 9.59 Å². The molecule has 2 aliphatic rings. The van der Waals surface area contributed by atoms with Crippen LogP contribution in [0.1, 0.15) is 33.1 Å². The minimum atomic E-state index is -0.859. The fraction of sp³-hybridized carbons (Fsp3) is 0.857. The zero-order chi connectivity index (χ0) is 14.7. The molecule has 6 nitrogen and oxygen atoms in total. The van der Waals surface area contributed by atoms with E-state index in [2.05, 4.69) is 4.90 Å². The van der Waals surface area contributed by atoms with Crippen molar-refractivity contribution in [3.63, 3.8) is 0 Å². The summed E-state index contributed by atoms with van der Waals surface area (Å²) in [5.74, 6) is -0.859. The van der Waals surface area contributed by atoms with Gasteiger partial charge in [-0.15, -0.1) is 0 Å². The topological polar surface area (TPSA) is 64.1 Å². The Labute approximate surface area is 120 Å². The maximum atomic E-state index is 12.5. The van der Waals surface area contributed by atoms with Crippen molar-refractivity contribution in [3.05, 3.63) is 0 Å². The van der Waals surface area contributed by atoms with Crippen LogP contribution in [-0.2, 0) is 4.79 Å². The van der Waals surface area contributed by atoms with Crippen LogP contribution in [0.4, 0.5) is 4.79 Å². The van der Waals surface area contributed by atoms with Crippen LogP contribution in [0.25, 0.3) is 0 Å². The van der Waals surface area contributed by atoms with Crippen LogP contribution >= 0.6 is 0 Å². The Morgan fingerprint density at radius 3 is 2.30 bits per heavy atom. The van der Waals surface area contributed by atoms with E-state index in [0.717, 1.165) is 32.2 Å². The molecule has 2 rings (SSSR count). The number of urea groups is 1. The Morgan fingerprint density at radius 1 is 1.25 bits per heavy atom. The lowest BCUT2D eigenvalue weighted by molar-refractivity contribution is -0.138. The highest BCUT2D eigenvalue weighted by atomic mass is 16.4. The number of carbonyl (C=O) groups is 2. The van der Waals surface area contributed by atoms with Gasteiger partial charge in [0.05, 0.1) is 6.42 Å². The molecule has 0 aromatic rings. The van der Waals surface area contributed by atoms with Crippen LogP contribution in [0.15, 0.2) is 0 Å². The number of piperazine rings is 1. The molecule has 0 aromatic heterocycles. The van der Waals surface area contributed by atoms with E-state index in [1.54, 1.807) is 11.8 Å². The van der Waals surface area contributed by atoms with Crippen LogP contribution < -0.4 is 0 Å². The number of nitrogens with zero attached hydrogens (tertiary/aromatic N) is 3. The minimum absolute atomic E-state index is 0.00161. The second-order valence-electron chi connectivity index (χ2n) is 5.77. The number of rotatable bonds is 5. The summed E-state index contributed by atoms with van der Waals surface area (Å²) in [6, 6.07) is 0.476. The van der Waals surface area contributed by atoms with Crippen molar-refractivity contribution in [2.24, 2.45) is 0 Å². The van der Waals surface area contributed by atoms with Crippen molar-refractivity contribution in [1.82, 2.24) is 14.7 Å². The first-order valence-corrected chi connectivity index (χ1v) is 7.54. The highest BCUT2D eigenvalue weighted by Crippen LogP contribution is 2.27. The SMILES string of the molecule is CCN(C(=O)N1CCN(C2CC2)CC1)C(C)CC(=O)O. The smallest absolute Gasteiger partial charge is 0.320 e. The van der Waals surface area contributed by atoms with Gasteiger partial charge in [-0.25, -0.2) is 4.79 Å². The van der Waals surface area contributed by atoms with Crippen LogP contribution in [-0.4, -0.2) is 76.6 Å². The maximum absolute atomic E-state index is 12.5. The van der Waals surface area contributed by atoms with E-state index < -0.39 is 5.97 Å². The number of carboxylic acids is 1. The van der Waals surface area contributed by atoms with Gasteiger partial charge in [-0.3, -0.25) is 9.69 Å². The number of hydrogen-bond acceptors (Lipinski definition) is 3. The van der Waals surface area contributed by atoms with E-state index in [0.29, 0.717) is 6.54 Å². The Kier molecular flexibility index (Phi) is 4.86. The summed E-state index contributed by atoms with van der Waals surface area (Å²) in [5.41, 5.74) is 0. The van der Waals surface area contributed by atoms with Crippen molar-refractivity contribution < 1.29 is 14.7 Å². The lowest BCUT2D eigenvalue weighted by Crippen LogP contribution is -2.55. The molecular formula is C14H25N3O3. The molecule has 1 aliphatic carbocycles. The van der Waals surface area contributed by atoms with Crippen molar-refractivity contribution in [2.45, 2.75) is 45.2 Å². The van der Waals surface area contributed by atoms with Gasteiger partial charge in [-0.2, -0.15) is 0 Å². The number of carbonyl (C=O) groups excluding carboxylic acids is 1. The monoisotopic (exact) mass is 283 g/mol. The summed E-state index contributed by atoms with van der Waals surface area (Å²) in [4.78, 5) is 29.3. The second kappa shape index (κ2) is 6.43. The molecule has 1 N–H and O–H groups in total. The Morgan fingerprint density at radius 2 is 1.85 bits per heavy atom. The molecule has 1 unspecified atom stereocenters. The van der Waals surface area contributed by atoms with E-state index in [1.807, 2.05) is 11.8 Å². The number of aliphatic carboxylic acids is 1. The van der Waals surface area contributed by atoms with Gasteiger partial charge in [0.2, 0.25) is 0 Å². The predicted octanol–water partition coefficient (Wildman–Crippen LogP) is 1.07. The molecule has 0 radical (unpaired) electrons. The van der Waals surface area contributed by atoms with Crippen molar-refractivity contribution >= 4 is 12.0 Å². The highest BCUT2D eigenvalue weighted by Gasteiger charge is 2.33. The van der Waals surface area contributed by atoms with Crippen molar-refractivity contribution in [3.8, 4) is 0 Å². The Hall–Kier alpha value is -1.30. The predicted molar refractivity (Wildman–Crippen MR) is 75.7 cm³/mol. The molecule has 1 saturated carbocycles. The summed E-state index contributed by atoms with van der Waals surface area (Å²) in [6.45, 7) is 7.66. The third-order valence-electron chi connectivity index (χ3n) is 4.24. The molecule has 20 heavy (non-hydrogen) atoms. The van der Waals surface area contributed by atoms with Crippen LogP contribution in [0.2, 0.25) is 0 Å². The van der Waals surface area contributed by atoms with Crippen molar-refractivity contribution in [2.75, 3.05) is 32.7 Å². The van der Waals surface area contributed by atoms with Crippen LogP contribution in [0.3, 0.4) is 0 Å². The summed E-state index contributed by atoms with van der Waals surface area (Å²) in [7, 11) is 0. The molecule has 0 aromatic carbocycles. The van der Waals surface area contributed by atoms with Gasteiger partial charge in [0.25, 0.3) is 0 Å². The highest BCUT2D eigenvalue weighted by molar-refractivity contribution is 5.76. The van der Waals surface area contributed by atoms with Gasteiger partial charge >= 0.3 is 12.0 Å². The van der Waals surface area contributed by atoms with Gasteiger partial charge in [0.1, 0.15) is 0 Å². The third kappa shape index (κ3) is 3.62. The molecule has 0 spiro atoms. The second-order valence-corrected chi connectivity index (χ2v) is 5.77. The van der Waals surface area contributed by atoms with E-state index >= 15 is 0 Å². The Balaban J connectivity index is 1.86. The number of hydrogen-bond donors (Lipinski definition) is 1. The largest absolute Gasteiger partial charge is 0.481 e. The lowest BCUT2D eigenvalue weighted by Gasteiger charge is -2.39. The van der Waals surface area contributed by atoms with Crippen LogP contribution in [0, 0.1) is 0 Å². The normalized spacial score (nSPS) is 21.6. The molecule has 114 valence electrons. The first kappa shape index (κ1) is 15.1. The molecule has 1 aliphatic heterocycles. The standard InChI is InChI=1S/C14H25N3O3/c1-3-17(11(2)10-13(18)19)14(20)16-8-6-15(7-9-16)12-4-5-12/h11-12H,3-10H2,1-2H3,(H,18,19). The van der Waals surface area contributed by atoms with Crippen molar-refractivity contribution in [1.29, 1.82) is 0 Å². The zero-order valence-corrected chi connectivity index (χ0v) is 12.4. The molecule has 2 amide bonds. The van der Waals surface area contributed by atoms with Gasteiger partial charge in [0, 0.05) is 44.8 Å². The molecule has 6 heteroatoms. The van der Waals surface area contributed by atoms with E-state index in [-0.39, 0.29) is 18.5 Å². The first-order chi connectivity index (χ1) is 9.52. The minimum Gasteiger partial charge on any atom is -0.481 e. The molecule has 1 heterocycles. The van der Waals surface area contributed by atoms with Gasteiger partial charge in [-0.05, 0) is 26.7 Å². The third-order valence-corrected chi connectivity index (χ3v) is 4.24. The maximum Gasteiger partial charge on any atom is 0.320 e. The van der Waals surface area contributed by atoms with Crippen LogP contribution in [0.5, 0.6) is 0 Å². The molecule has 0 bridgehead atoms. The number of amides is 2. The quantitative estimate of drug-likeness (QED) is 0.820. The molecular weight excluding hydrogens is 258 g/mol. The summed E-state index contributed by atoms with van der Waals surface area (Å²) < 4.78 is 0. The van der Waals surface area contributed by atoms with E-state index in [4.69, 9.17) is 5.11 Å². The fourth-order valence-corrected chi connectivity index (χ4v) is 2.90. The van der Waals surface area contributed by atoms with E-state index in [1.165, 1.54) is 12.8 Å². The first-order valence-electron chi connectivity index (χ1n) is 7.54. The van der Waals surface area contributed by atoms with Gasteiger partial charge in [0.15, 0.2) is 0 Å². The summed E-state index contributed by atoms with van der Waals surface area (Å²) in [6.07, 6.45) is 2.59. The average Bonchev–Trinajstić information content (AvgIpc) is 3.23. The van der Waals surface area contributed by atoms with Gasteiger partial charge in [-0.1, -0.05) is 0 Å². The summed E-state index contributed by atoms with van der Waals surface area (Å²) in [5, 5.41) is 8.86. The zero-order valence-electron chi connectivity index (χ0n) is 12.4. The number of carboxylic acid groups (broad SMARTS) is 1. The molecule has 2 fully saturated rings. The lowest BCUT2D eigenvalue weighted by atomic mass is 10.2. The summed E-state index contributed by atoms with van der Waals surface area (Å²) >= 11 is 0. The Bertz CT molecular complexity index is 363. The molecule has 1 atom stereocenters. The average molecular weight is 283 g/mol. The fourth-order valence-electron chi connectivity index (χ4n) is 2.90. The van der Waals surface area contributed by atoms with Gasteiger partial charge < -0.3 is 14.9 Å².